The average Bonchev–Trinajstić information content (AvgIpc) is 3.00. The zero-order valence-electron chi connectivity index (χ0n) is 16.7. The highest BCUT2D eigenvalue weighted by molar-refractivity contribution is 9.10. The van der Waals surface area contributed by atoms with Crippen molar-refractivity contribution in [1.82, 2.24) is 0 Å². The van der Waals surface area contributed by atoms with Gasteiger partial charge in [0.05, 0.1) is 41.4 Å². The second kappa shape index (κ2) is 8.88. The average molecular weight is 501 g/mol. The van der Waals surface area contributed by atoms with Gasteiger partial charge in [0.25, 0.3) is 0 Å². The van der Waals surface area contributed by atoms with Crippen LogP contribution in [0.4, 0.5) is 24.5 Å². The van der Waals surface area contributed by atoms with Crippen LogP contribution in [-0.4, -0.2) is 36.2 Å². The van der Waals surface area contributed by atoms with Crippen molar-refractivity contribution in [2.45, 2.75) is 26.3 Å². The molecule has 0 aromatic heterocycles. The van der Waals surface area contributed by atoms with Gasteiger partial charge < -0.3 is 20.5 Å². The predicted octanol–water partition coefficient (Wildman–Crippen LogP) is 4.58. The van der Waals surface area contributed by atoms with Crippen molar-refractivity contribution in [3.63, 3.8) is 0 Å². The summed E-state index contributed by atoms with van der Waals surface area (Å²) in [5.41, 5.74) is -1.07. The van der Waals surface area contributed by atoms with Gasteiger partial charge in [0.2, 0.25) is 5.91 Å². The molecule has 6 nitrogen and oxygen atoms in total. The SMILES string of the molecule is CC1(C)COCC1Nc1cc(C(=O)O)cc(F)c1NC(=O)Cc1cc(F)c(Br)cc1F. The topological polar surface area (TPSA) is 87.7 Å². The molecule has 31 heavy (non-hydrogen) atoms. The lowest BCUT2D eigenvalue weighted by Gasteiger charge is -2.27. The van der Waals surface area contributed by atoms with Gasteiger partial charge in [-0.25, -0.2) is 18.0 Å². The van der Waals surface area contributed by atoms with Crippen LogP contribution in [0, 0.1) is 22.9 Å². The Morgan fingerprint density at radius 3 is 2.48 bits per heavy atom. The summed E-state index contributed by atoms with van der Waals surface area (Å²) >= 11 is 2.86. The highest BCUT2D eigenvalue weighted by Gasteiger charge is 2.36. The van der Waals surface area contributed by atoms with E-state index in [9.17, 15) is 27.9 Å². The van der Waals surface area contributed by atoms with E-state index in [2.05, 4.69) is 26.6 Å². The third-order valence-electron chi connectivity index (χ3n) is 5.07. The van der Waals surface area contributed by atoms with Crippen molar-refractivity contribution in [2.75, 3.05) is 23.8 Å². The maximum absolute atomic E-state index is 14.7. The molecule has 3 N–H and O–H groups in total. The minimum atomic E-state index is -1.34. The van der Waals surface area contributed by atoms with Gasteiger partial charge in [0.15, 0.2) is 0 Å². The van der Waals surface area contributed by atoms with E-state index >= 15 is 0 Å². The number of anilines is 2. The Morgan fingerprint density at radius 2 is 1.87 bits per heavy atom. The molecule has 0 radical (unpaired) electrons. The van der Waals surface area contributed by atoms with E-state index in [1.54, 1.807) is 0 Å². The van der Waals surface area contributed by atoms with Crippen molar-refractivity contribution in [1.29, 1.82) is 0 Å². The first-order valence-electron chi connectivity index (χ1n) is 9.32. The molecule has 0 saturated carbocycles. The molecule has 1 atom stereocenters. The van der Waals surface area contributed by atoms with Crippen LogP contribution < -0.4 is 10.6 Å². The summed E-state index contributed by atoms with van der Waals surface area (Å²) in [6.07, 6.45) is -0.548. The molecule has 1 heterocycles. The fourth-order valence-electron chi connectivity index (χ4n) is 3.22. The van der Waals surface area contributed by atoms with Crippen LogP contribution in [0.3, 0.4) is 0 Å². The molecule has 0 bridgehead atoms. The minimum Gasteiger partial charge on any atom is -0.478 e. The number of hydrogen-bond donors (Lipinski definition) is 3. The maximum Gasteiger partial charge on any atom is 0.335 e. The lowest BCUT2D eigenvalue weighted by atomic mass is 9.87. The number of carboxylic acid groups (broad SMARTS) is 1. The van der Waals surface area contributed by atoms with Crippen molar-refractivity contribution in [2.24, 2.45) is 5.41 Å². The number of nitrogens with one attached hydrogen (secondary N) is 2. The molecular formula is C21H20BrF3N2O4. The third kappa shape index (κ3) is 5.19. The Kier molecular flexibility index (Phi) is 6.61. The van der Waals surface area contributed by atoms with E-state index in [0.29, 0.717) is 13.2 Å². The second-order valence-corrected chi connectivity index (χ2v) is 8.82. The molecule has 3 rings (SSSR count). The van der Waals surface area contributed by atoms with Crippen LogP contribution in [-0.2, 0) is 16.0 Å². The van der Waals surface area contributed by atoms with Crippen LogP contribution in [0.25, 0.3) is 0 Å². The number of aromatic carboxylic acids is 1. The van der Waals surface area contributed by atoms with Gasteiger partial charge in [-0.3, -0.25) is 4.79 Å². The minimum absolute atomic E-state index is 0.0526. The number of benzene rings is 2. The molecule has 1 fully saturated rings. The number of carbonyl (C=O) groups excluding carboxylic acids is 1. The van der Waals surface area contributed by atoms with Gasteiger partial charge in [-0.2, -0.15) is 0 Å². The van der Waals surface area contributed by atoms with Crippen LogP contribution in [0.1, 0.15) is 29.8 Å². The molecule has 0 spiro atoms. The summed E-state index contributed by atoms with van der Waals surface area (Å²) in [5, 5.41) is 14.7. The molecule has 1 unspecified atom stereocenters. The molecule has 1 amide bonds. The van der Waals surface area contributed by atoms with Crippen LogP contribution >= 0.6 is 15.9 Å². The largest absolute Gasteiger partial charge is 0.478 e. The Bertz CT molecular complexity index is 1050. The normalized spacial score (nSPS) is 17.4. The van der Waals surface area contributed by atoms with Gasteiger partial charge in [-0.15, -0.1) is 0 Å². The van der Waals surface area contributed by atoms with E-state index in [1.165, 1.54) is 6.07 Å². The number of rotatable bonds is 6. The first-order chi connectivity index (χ1) is 14.5. The predicted molar refractivity (Wildman–Crippen MR) is 112 cm³/mol. The number of carboxylic acids is 1. The lowest BCUT2D eigenvalue weighted by molar-refractivity contribution is -0.115. The van der Waals surface area contributed by atoms with Crippen LogP contribution in [0.2, 0.25) is 0 Å². The van der Waals surface area contributed by atoms with Crippen molar-refractivity contribution >= 4 is 39.2 Å². The number of hydrogen-bond acceptors (Lipinski definition) is 4. The molecule has 0 aliphatic carbocycles. The second-order valence-electron chi connectivity index (χ2n) is 7.97. The van der Waals surface area contributed by atoms with Crippen molar-refractivity contribution in [3.8, 4) is 0 Å². The van der Waals surface area contributed by atoms with Crippen LogP contribution in [0.5, 0.6) is 0 Å². The van der Waals surface area contributed by atoms with E-state index in [-0.39, 0.29) is 38.4 Å². The Labute approximate surface area is 184 Å². The number of halogens is 4. The smallest absolute Gasteiger partial charge is 0.335 e. The first kappa shape index (κ1) is 23.1. The summed E-state index contributed by atoms with van der Waals surface area (Å²) in [7, 11) is 0. The van der Waals surface area contributed by atoms with E-state index in [0.717, 1.165) is 18.2 Å². The van der Waals surface area contributed by atoms with Crippen molar-refractivity contribution in [3.05, 3.63) is 57.3 Å². The standard InChI is InChI=1S/C21H20BrF3N2O4/c1-21(2)9-31-8-17(21)26-16-5-11(20(29)30)4-15(25)19(16)27-18(28)6-10-3-14(24)12(22)7-13(10)23/h3-5,7,17,26H,6,8-9H2,1-2H3,(H,27,28)(H,29,30). The summed E-state index contributed by atoms with van der Waals surface area (Å²) < 4.78 is 47.8. The van der Waals surface area contributed by atoms with Gasteiger partial charge >= 0.3 is 5.97 Å². The third-order valence-corrected chi connectivity index (χ3v) is 5.68. The molecule has 2 aromatic rings. The summed E-state index contributed by atoms with van der Waals surface area (Å²) in [4.78, 5) is 23.8. The molecule has 2 aromatic carbocycles. The Hall–Kier alpha value is -2.59. The number of amides is 1. The first-order valence-corrected chi connectivity index (χ1v) is 10.1. The monoisotopic (exact) mass is 500 g/mol. The van der Waals surface area contributed by atoms with Gasteiger partial charge in [0, 0.05) is 11.0 Å². The fourth-order valence-corrected chi connectivity index (χ4v) is 3.53. The van der Waals surface area contributed by atoms with Gasteiger partial charge in [-0.1, -0.05) is 13.8 Å². The molecule has 1 saturated heterocycles. The zero-order valence-corrected chi connectivity index (χ0v) is 18.3. The Morgan fingerprint density at radius 1 is 1.16 bits per heavy atom. The summed E-state index contributed by atoms with van der Waals surface area (Å²) in [6, 6.07) is 3.48. The van der Waals surface area contributed by atoms with E-state index < -0.39 is 35.7 Å². The van der Waals surface area contributed by atoms with E-state index in [4.69, 9.17) is 4.74 Å². The molecule has 1 aliphatic heterocycles. The Balaban J connectivity index is 1.89. The highest BCUT2D eigenvalue weighted by atomic mass is 79.9. The zero-order chi connectivity index (χ0) is 22.9. The van der Waals surface area contributed by atoms with Crippen molar-refractivity contribution < 1.29 is 32.6 Å². The number of ether oxygens (including phenoxy) is 1. The lowest BCUT2D eigenvalue weighted by Crippen LogP contribution is -2.35. The molecule has 10 heteroatoms. The summed E-state index contributed by atoms with van der Waals surface area (Å²) in [6.45, 7) is 4.61. The van der Waals surface area contributed by atoms with Gasteiger partial charge in [-0.05, 0) is 40.2 Å². The van der Waals surface area contributed by atoms with Gasteiger partial charge in [0.1, 0.15) is 23.1 Å². The van der Waals surface area contributed by atoms with Crippen LogP contribution in [0.15, 0.2) is 28.7 Å². The fraction of sp³-hybridized carbons (Fsp3) is 0.333. The van der Waals surface area contributed by atoms with E-state index in [1.807, 2.05) is 13.8 Å². The highest BCUT2D eigenvalue weighted by Crippen LogP contribution is 2.34. The molecule has 166 valence electrons. The maximum atomic E-state index is 14.7. The quantitative estimate of drug-likeness (QED) is 0.505. The number of carbonyl (C=O) groups is 2. The molecule has 1 aliphatic rings. The molecular weight excluding hydrogens is 481 g/mol. The summed E-state index contributed by atoms with van der Waals surface area (Å²) in [5.74, 6) is -4.66.